The van der Waals surface area contributed by atoms with Gasteiger partial charge in [-0.3, -0.25) is 4.79 Å². The molecule has 1 N–H and O–H groups in total. The van der Waals surface area contributed by atoms with Crippen molar-refractivity contribution in [2.45, 2.75) is 52.4 Å². The van der Waals surface area contributed by atoms with E-state index in [0.29, 0.717) is 6.61 Å². The first-order valence-corrected chi connectivity index (χ1v) is 8.94. The molecule has 1 aromatic carbocycles. The minimum absolute atomic E-state index is 0.155. The van der Waals surface area contributed by atoms with E-state index in [-0.39, 0.29) is 32.4 Å². The largest absolute Gasteiger partial charge is 0.463 e. The van der Waals surface area contributed by atoms with Gasteiger partial charge in [-0.2, -0.15) is 0 Å². The number of esters is 1. The maximum atomic E-state index is 12.2. The molecular formula is C20H31NO6. The van der Waals surface area contributed by atoms with E-state index in [1.54, 1.807) is 20.8 Å². The van der Waals surface area contributed by atoms with Crippen LogP contribution < -0.4 is 5.32 Å². The molecule has 0 spiro atoms. The van der Waals surface area contributed by atoms with Gasteiger partial charge < -0.3 is 24.3 Å². The van der Waals surface area contributed by atoms with Crippen LogP contribution in [0, 0.1) is 0 Å². The highest BCUT2D eigenvalue weighted by molar-refractivity contribution is 5.68. The van der Waals surface area contributed by atoms with Gasteiger partial charge in [-0.05, 0) is 33.3 Å². The third-order valence-electron chi connectivity index (χ3n) is 3.29. The van der Waals surface area contributed by atoms with E-state index in [1.807, 2.05) is 37.3 Å². The lowest BCUT2D eigenvalue weighted by molar-refractivity contribution is -0.142. The SMILES string of the molecule is CC(=O)OCCOC[C@@](C)(COCc1ccccc1)NC(=O)OC(C)(C)C. The van der Waals surface area contributed by atoms with Crippen LogP contribution in [0.5, 0.6) is 0 Å². The number of carbonyl (C=O) groups is 2. The van der Waals surface area contributed by atoms with Gasteiger partial charge in [-0.25, -0.2) is 4.79 Å². The minimum atomic E-state index is -0.798. The maximum absolute atomic E-state index is 12.2. The van der Waals surface area contributed by atoms with Crippen molar-refractivity contribution < 1.29 is 28.5 Å². The van der Waals surface area contributed by atoms with Gasteiger partial charge in [0.1, 0.15) is 12.2 Å². The quantitative estimate of drug-likeness (QED) is 0.495. The number of carbonyl (C=O) groups excluding carboxylic acids is 2. The smallest absolute Gasteiger partial charge is 0.408 e. The van der Waals surface area contributed by atoms with Crippen LogP contribution in [-0.4, -0.2) is 49.6 Å². The fourth-order valence-electron chi connectivity index (χ4n) is 2.17. The predicted octanol–water partition coefficient (Wildman–Crippen LogP) is 3.07. The standard InChI is InChI=1S/C20H31NO6/c1-16(22)26-12-11-24-14-20(5,21-18(23)27-19(2,3)4)15-25-13-17-9-7-6-8-10-17/h6-10H,11-15H2,1-5H3,(H,21,23)/t20-/m0/s1. The molecule has 0 aliphatic heterocycles. The summed E-state index contributed by atoms with van der Waals surface area (Å²) in [5.41, 5.74) is -0.368. The molecule has 7 heteroatoms. The first-order chi connectivity index (χ1) is 12.6. The lowest BCUT2D eigenvalue weighted by Crippen LogP contribution is -2.54. The summed E-state index contributed by atoms with van der Waals surface area (Å²) in [6.07, 6.45) is -0.545. The lowest BCUT2D eigenvalue weighted by atomic mass is 10.1. The van der Waals surface area contributed by atoms with E-state index in [9.17, 15) is 9.59 Å². The number of alkyl carbamates (subject to hydrolysis) is 1. The van der Waals surface area contributed by atoms with Crippen LogP contribution in [0.15, 0.2) is 30.3 Å². The van der Waals surface area contributed by atoms with Gasteiger partial charge in [0.2, 0.25) is 0 Å². The highest BCUT2D eigenvalue weighted by atomic mass is 16.6. The van der Waals surface area contributed by atoms with Crippen molar-refractivity contribution in [3.05, 3.63) is 35.9 Å². The molecule has 152 valence electrons. The normalized spacial score (nSPS) is 13.5. The van der Waals surface area contributed by atoms with Gasteiger partial charge in [-0.1, -0.05) is 30.3 Å². The Bertz CT molecular complexity index is 584. The van der Waals surface area contributed by atoms with Crippen molar-refractivity contribution in [1.29, 1.82) is 0 Å². The molecule has 1 rings (SSSR count). The molecule has 0 radical (unpaired) electrons. The third-order valence-corrected chi connectivity index (χ3v) is 3.29. The highest BCUT2D eigenvalue weighted by Crippen LogP contribution is 2.12. The van der Waals surface area contributed by atoms with E-state index in [0.717, 1.165) is 5.56 Å². The number of rotatable bonds is 10. The van der Waals surface area contributed by atoms with E-state index < -0.39 is 17.2 Å². The fraction of sp³-hybridized carbons (Fsp3) is 0.600. The molecule has 0 aromatic heterocycles. The second-order valence-electron chi connectivity index (χ2n) is 7.56. The molecule has 0 saturated carbocycles. The lowest BCUT2D eigenvalue weighted by Gasteiger charge is -2.31. The van der Waals surface area contributed by atoms with Crippen LogP contribution >= 0.6 is 0 Å². The van der Waals surface area contributed by atoms with Crippen LogP contribution in [0.1, 0.15) is 40.2 Å². The Hall–Kier alpha value is -2.12. The van der Waals surface area contributed by atoms with Crippen molar-refractivity contribution in [1.82, 2.24) is 5.32 Å². The Balaban J connectivity index is 2.57. The van der Waals surface area contributed by atoms with Crippen LogP contribution in [0.4, 0.5) is 4.79 Å². The highest BCUT2D eigenvalue weighted by Gasteiger charge is 2.30. The molecule has 0 bridgehead atoms. The Morgan fingerprint density at radius 2 is 1.59 bits per heavy atom. The molecule has 1 aromatic rings. The van der Waals surface area contributed by atoms with Gasteiger partial charge >= 0.3 is 12.1 Å². The average molecular weight is 381 g/mol. The molecule has 0 aliphatic rings. The molecule has 1 atom stereocenters. The Morgan fingerprint density at radius 1 is 0.963 bits per heavy atom. The molecule has 7 nitrogen and oxygen atoms in total. The van der Waals surface area contributed by atoms with Gasteiger partial charge in [0.15, 0.2) is 0 Å². The maximum Gasteiger partial charge on any atom is 0.408 e. The van der Waals surface area contributed by atoms with E-state index >= 15 is 0 Å². The summed E-state index contributed by atoms with van der Waals surface area (Å²) in [5.74, 6) is -0.362. The molecule has 0 fully saturated rings. The molecular weight excluding hydrogens is 350 g/mol. The summed E-state index contributed by atoms with van der Waals surface area (Å²) in [6, 6.07) is 9.75. The summed E-state index contributed by atoms with van der Waals surface area (Å²) in [5, 5.41) is 2.82. The number of ether oxygens (including phenoxy) is 4. The van der Waals surface area contributed by atoms with Crippen LogP contribution in [0.3, 0.4) is 0 Å². The summed E-state index contributed by atoms with van der Waals surface area (Å²) in [4.78, 5) is 23.0. The van der Waals surface area contributed by atoms with Crippen molar-refractivity contribution in [2.75, 3.05) is 26.4 Å². The van der Waals surface area contributed by atoms with Gasteiger partial charge in [0, 0.05) is 6.92 Å². The molecule has 0 heterocycles. The number of benzene rings is 1. The summed E-state index contributed by atoms with van der Waals surface area (Å²) in [6.45, 7) is 9.76. The number of amides is 1. The second-order valence-corrected chi connectivity index (χ2v) is 7.56. The summed E-state index contributed by atoms with van der Waals surface area (Å²) in [7, 11) is 0. The zero-order valence-corrected chi connectivity index (χ0v) is 16.9. The Labute approximate surface area is 161 Å². The summed E-state index contributed by atoms with van der Waals surface area (Å²) < 4.78 is 21.5. The molecule has 0 aliphatic carbocycles. The van der Waals surface area contributed by atoms with Crippen molar-refractivity contribution in [3.8, 4) is 0 Å². The van der Waals surface area contributed by atoms with Crippen LogP contribution in [-0.2, 0) is 30.3 Å². The van der Waals surface area contributed by atoms with Crippen molar-refractivity contribution in [2.24, 2.45) is 0 Å². The number of hydrogen-bond donors (Lipinski definition) is 1. The van der Waals surface area contributed by atoms with Crippen molar-refractivity contribution in [3.63, 3.8) is 0 Å². The van der Waals surface area contributed by atoms with Gasteiger partial charge in [0.25, 0.3) is 0 Å². The van der Waals surface area contributed by atoms with Gasteiger partial charge in [0.05, 0.1) is 32.0 Å². The zero-order chi connectivity index (χ0) is 20.3. The summed E-state index contributed by atoms with van der Waals surface area (Å²) >= 11 is 0. The van der Waals surface area contributed by atoms with Crippen LogP contribution in [0.25, 0.3) is 0 Å². The Kier molecular flexibility index (Phi) is 9.25. The second kappa shape index (κ2) is 10.9. The zero-order valence-electron chi connectivity index (χ0n) is 16.9. The van der Waals surface area contributed by atoms with Gasteiger partial charge in [-0.15, -0.1) is 0 Å². The van der Waals surface area contributed by atoms with E-state index in [4.69, 9.17) is 18.9 Å². The van der Waals surface area contributed by atoms with E-state index in [1.165, 1.54) is 6.92 Å². The molecule has 0 saturated heterocycles. The van der Waals surface area contributed by atoms with Crippen LogP contribution in [0.2, 0.25) is 0 Å². The van der Waals surface area contributed by atoms with Crippen molar-refractivity contribution >= 4 is 12.1 Å². The first kappa shape index (κ1) is 22.9. The Morgan fingerprint density at radius 3 is 2.19 bits per heavy atom. The molecule has 1 amide bonds. The minimum Gasteiger partial charge on any atom is -0.463 e. The number of nitrogens with one attached hydrogen (secondary N) is 1. The fourth-order valence-corrected chi connectivity index (χ4v) is 2.17. The topological polar surface area (TPSA) is 83.1 Å². The predicted molar refractivity (Wildman–Crippen MR) is 101 cm³/mol. The first-order valence-electron chi connectivity index (χ1n) is 8.94. The molecule has 27 heavy (non-hydrogen) atoms. The van der Waals surface area contributed by atoms with E-state index in [2.05, 4.69) is 5.32 Å². The molecule has 0 unspecified atom stereocenters. The number of hydrogen-bond acceptors (Lipinski definition) is 6. The monoisotopic (exact) mass is 381 g/mol. The third kappa shape index (κ3) is 11.2. The average Bonchev–Trinajstić information content (AvgIpc) is 2.53.